The van der Waals surface area contributed by atoms with Gasteiger partial charge in [-0.05, 0) is 13.0 Å². The predicted molar refractivity (Wildman–Crippen MR) is 59.7 cm³/mol. The molecule has 1 aromatic heterocycles. The average molecular weight is 218 g/mol. The number of hydrogen-bond donors (Lipinski definition) is 0. The van der Waals surface area contributed by atoms with Crippen molar-refractivity contribution in [1.82, 2.24) is 4.98 Å². The van der Waals surface area contributed by atoms with Crippen LogP contribution in [0.1, 0.15) is 5.69 Å². The molecule has 82 valence electrons. The molecule has 0 aliphatic rings. The normalized spacial score (nSPS) is 10.4. The molecule has 0 aliphatic carbocycles. The average Bonchev–Trinajstić information content (AvgIpc) is 2.26. The third kappa shape index (κ3) is 1.56. The number of nitro groups is 1. The van der Waals surface area contributed by atoms with Crippen molar-refractivity contribution in [1.29, 1.82) is 0 Å². The van der Waals surface area contributed by atoms with E-state index in [-0.39, 0.29) is 5.69 Å². The maximum absolute atomic E-state index is 10.9. The number of rotatable bonds is 2. The molecule has 2 rings (SSSR count). The van der Waals surface area contributed by atoms with Crippen molar-refractivity contribution < 1.29 is 9.66 Å². The summed E-state index contributed by atoms with van der Waals surface area (Å²) in [4.78, 5) is 14.6. The first kappa shape index (κ1) is 10.4. The molecule has 0 fully saturated rings. The standard InChI is InChI=1S/C11H10N2O3/c1-7-6-10(16-2)8-4-3-5-9(13(14)15)11(8)12-7/h3-6H,1-2H3. The van der Waals surface area contributed by atoms with Gasteiger partial charge in [0.2, 0.25) is 0 Å². The molecule has 0 radical (unpaired) electrons. The van der Waals surface area contributed by atoms with E-state index in [1.54, 1.807) is 25.1 Å². The van der Waals surface area contributed by atoms with Gasteiger partial charge in [0.15, 0.2) is 5.52 Å². The number of para-hydroxylation sites is 1. The molecule has 0 aliphatic heterocycles. The van der Waals surface area contributed by atoms with Crippen molar-refractivity contribution in [2.45, 2.75) is 6.92 Å². The molecule has 1 heterocycles. The second kappa shape index (κ2) is 3.77. The zero-order chi connectivity index (χ0) is 11.7. The van der Waals surface area contributed by atoms with Crippen molar-refractivity contribution in [2.24, 2.45) is 0 Å². The first-order valence-electron chi connectivity index (χ1n) is 4.72. The van der Waals surface area contributed by atoms with E-state index in [2.05, 4.69) is 4.98 Å². The van der Waals surface area contributed by atoms with Crippen molar-refractivity contribution in [3.05, 3.63) is 40.1 Å². The SMILES string of the molecule is COc1cc(C)nc2c([N+](=O)[O-])cccc12. The number of ether oxygens (including phenoxy) is 1. The third-order valence-corrected chi connectivity index (χ3v) is 2.32. The minimum absolute atomic E-state index is 0.000463. The Balaban J connectivity index is 2.87. The molecule has 0 amide bonds. The molecule has 16 heavy (non-hydrogen) atoms. The molecule has 0 N–H and O–H groups in total. The van der Waals surface area contributed by atoms with E-state index in [0.717, 1.165) is 0 Å². The Hall–Kier alpha value is -2.17. The number of aromatic nitrogens is 1. The number of non-ortho nitro benzene ring substituents is 1. The highest BCUT2D eigenvalue weighted by atomic mass is 16.6. The summed E-state index contributed by atoms with van der Waals surface area (Å²) < 4.78 is 5.18. The van der Waals surface area contributed by atoms with Crippen LogP contribution in [0.4, 0.5) is 5.69 Å². The molecule has 0 atom stereocenters. The summed E-state index contributed by atoms with van der Waals surface area (Å²) in [6.45, 7) is 1.78. The van der Waals surface area contributed by atoms with Crippen molar-refractivity contribution in [2.75, 3.05) is 7.11 Å². The Labute approximate surface area is 91.8 Å². The van der Waals surface area contributed by atoms with E-state index in [1.807, 2.05) is 0 Å². The highest BCUT2D eigenvalue weighted by Gasteiger charge is 2.15. The van der Waals surface area contributed by atoms with Crippen LogP contribution in [-0.4, -0.2) is 17.0 Å². The second-order valence-corrected chi connectivity index (χ2v) is 3.40. The monoisotopic (exact) mass is 218 g/mol. The maximum Gasteiger partial charge on any atom is 0.295 e. The van der Waals surface area contributed by atoms with Crippen molar-refractivity contribution >= 4 is 16.6 Å². The summed E-state index contributed by atoms with van der Waals surface area (Å²) in [6, 6.07) is 6.58. The fraction of sp³-hybridized carbons (Fsp3) is 0.182. The minimum Gasteiger partial charge on any atom is -0.496 e. The summed E-state index contributed by atoms with van der Waals surface area (Å²) >= 11 is 0. The lowest BCUT2D eigenvalue weighted by Gasteiger charge is -2.06. The van der Waals surface area contributed by atoms with Crippen molar-refractivity contribution in [3.63, 3.8) is 0 Å². The molecule has 0 spiro atoms. The van der Waals surface area contributed by atoms with Crippen LogP contribution in [0.3, 0.4) is 0 Å². The summed E-state index contributed by atoms with van der Waals surface area (Å²) in [5.74, 6) is 0.603. The topological polar surface area (TPSA) is 65.3 Å². The van der Waals surface area contributed by atoms with Gasteiger partial charge in [0.25, 0.3) is 5.69 Å². The first-order chi connectivity index (χ1) is 7.63. The number of fused-ring (bicyclic) bond motifs is 1. The maximum atomic E-state index is 10.9. The number of nitrogens with zero attached hydrogens (tertiary/aromatic N) is 2. The van der Waals surface area contributed by atoms with Crippen LogP contribution in [-0.2, 0) is 0 Å². The second-order valence-electron chi connectivity index (χ2n) is 3.40. The fourth-order valence-corrected chi connectivity index (χ4v) is 1.64. The van der Waals surface area contributed by atoms with Crippen LogP contribution >= 0.6 is 0 Å². The summed E-state index contributed by atoms with van der Waals surface area (Å²) in [7, 11) is 1.53. The van der Waals surface area contributed by atoms with E-state index in [4.69, 9.17) is 4.74 Å². The third-order valence-electron chi connectivity index (χ3n) is 2.32. The molecule has 0 bridgehead atoms. The van der Waals surface area contributed by atoms with Gasteiger partial charge in [-0.2, -0.15) is 0 Å². The predicted octanol–water partition coefficient (Wildman–Crippen LogP) is 2.46. The lowest BCUT2D eigenvalue weighted by atomic mass is 10.1. The van der Waals surface area contributed by atoms with Gasteiger partial charge < -0.3 is 4.74 Å². The van der Waals surface area contributed by atoms with Crippen LogP contribution in [0.5, 0.6) is 5.75 Å². The van der Waals surface area contributed by atoms with Gasteiger partial charge >= 0.3 is 0 Å². The van der Waals surface area contributed by atoms with E-state index in [0.29, 0.717) is 22.3 Å². The van der Waals surface area contributed by atoms with Gasteiger partial charge in [0.05, 0.1) is 12.0 Å². The van der Waals surface area contributed by atoms with Gasteiger partial charge in [-0.15, -0.1) is 0 Å². The number of hydrogen-bond acceptors (Lipinski definition) is 4. The molecule has 0 saturated carbocycles. The lowest BCUT2D eigenvalue weighted by molar-refractivity contribution is -0.383. The Kier molecular flexibility index (Phi) is 2.44. The summed E-state index contributed by atoms with van der Waals surface area (Å²) in [5, 5.41) is 11.5. The molecule has 2 aromatic rings. The number of pyridine rings is 1. The molecular weight excluding hydrogens is 208 g/mol. The highest BCUT2D eigenvalue weighted by Crippen LogP contribution is 2.30. The van der Waals surface area contributed by atoms with Gasteiger partial charge in [-0.25, -0.2) is 4.98 Å². The van der Waals surface area contributed by atoms with Crippen molar-refractivity contribution in [3.8, 4) is 5.75 Å². The molecule has 5 nitrogen and oxygen atoms in total. The fourth-order valence-electron chi connectivity index (χ4n) is 1.64. The van der Waals surface area contributed by atoms with Crippen LogP contribution in [0, 0.1) is 17.0 Å². The van der Waals surface area contributed by atoms with E-state index in [1.165, 1.54) is 13.2 Å². The van der Waals surface area contributed by atoms with Gasteiger partial charge in [-0.3, -0.25) is 10.1 Å². The summed E-state index contributed by atoms with van der Waals surface area (Å²) in [5.41, 5.74) is 1.06. The Morgan fingerprint density at radius 2 is 2.19 bits per heavy atom. The number of aryl methyl sites for hydroxylation is 1. The Morgan fingerprint density at radius 3 is 2.81 bits per heavy atom. The number of nitro benzene ring substituents is 1. The zero-order valence-corrected chi connectivity index (χ0v) is 8.93. The van der Waals surface area contributed by atoms with Crippen LogP contribution in [0.2, 0.25) is 0 Å². The highest BCUT2D eigenvalue weighted by molar-refractivity contribution is 5.91. The zero-order valence-electron chi connectivity index (χ0n) is 8.93. The quantitative estimate of drug-likeness (QED) is 0.573. The van der Waals surface area contributed by atoms with Crippen LogP contribution in [0.25, 0.3) is 10.9 Å². The number of benzene rings is 1. The smallest absolute Gasteiger partial charge is 0.295 e. The van der Waals surface area contributed by atoms with Gasteiger partial charge in [0, 0.05) is 23.2 Å². The van der Waals surface area contributed by atoms with E-state index in [9.17, 15) is 10.1 Å². The first-order valence-corrected chi connectivity index (χ1v) is 4.72. The molecule has 1 aromatic carbocycles. The van der Waals surface area contributed by atoms with E-state index >= 15 is 0 Å². The molecular formula is C11H10N2O3. The molecule has 0 saturated heterocycles. The van der Waals surface area contributed by atoms with E-state index < -0.39 is 4.92 Å². The lowest BCUT2D eigenvalue weighted by Crippen LogP contribution is -1.95. The molecule has 5 heteroatoms. The molecule has 0 unspecified atom stereocenters. The Morgan fingerprint density at radius 1 is 1.44 bits per heavy atom. The van der Waals surface area contributed by atoms with Gasteiger partial charge in [0.1, 0.15) is 5.75 Å². The van der Waals surface area contributed by atoms with Gasteiger partial charge in [-0.1, -0.05) is 6.07 Å². The minimum atomic E-state index is -0.436. The summed E-state index contributed by atoms with van der Waals surface area (Å²) in [6.07, 6.45) is 0. The van der Waals surface area contributed by atoms with Crippen LogP contribution < -0.4 is 4.74 Å². The van der Waals surface area contributed by atoms with Crippen LogP contribution in [0.15, 0.2) is 24.3 Å². The largest absolute Gasteiger partial charge is 0.496 e. The Bertz CT molecular complexity index is 566. The number of methoxy groups -OCH3 is 1.